The van der Waals surface area contributed by atoms with Crippen molar-refractivity contribution in [1.29, 1.82) is 21.0 Å². The highest BCUT2D eigenvalue weighted by Crippen LogP contribution is 2.71. The molecule has 2 heterocycles. The molecule has 2 saturated carbocycles. The molecule has 36 heavy (non-hydrogen) atoms. The summed E-state index contributed by atoms with van der Waals surface area (Å²) in [4.78, 5) is 4.77. The lowest BCUT2D eigenvalue weighted by Gasteiger charge is -2.37. The van der Waals surface area contributed by atoms with Crippen LogP contribution in [0.1, 0.15) is 94.8 Å². The van der Waals surface area contributed by atoms with Crippen molar-refractivity contribution in [1.82, 2.24) is 0 Å². The standard InChI is InChI=1S/C30H24N4S2/c31-15-19(16-32)11-21-13-23-27(35-21)26-25(29(23)7-3-1-4-8-29)28-24(30(26)9-5-2-6-10-30)14-22(36-28)12-20(17-33)18-34/h11-14H,1-10H2. The van der Waals surface area contributed by atoms with E-state index in [2.05, 4.69) is 12.1 Å². The Balaban J connectivity index is 1.61. The Morgan fingerprint density at radius 1 is 0.611 bits per heavy atom. The van der Waals surface area contributed by atoms with Crippen LogP contribution in [0.15, 0.2) is 23.3 Å². The van der Waals surface area contributed by atoms with Crippen molar-refractivity contribution in [3.63, 3.8) is 0 Å². The third-order valence-electron chi connectivity index (χ3n) is 8.66. The molecule has 0 radical (unpaired) electrons. The fourth-order valence-electron chi connectivity index (χ4n) is 7.27. The zero-order valence-corrected chi connectivity index (χ0v) is 21.6. The van der Waals surface area contributed by atoms with Gasteiger partial charge in [-0.3, -0.25) is 0 Å². The summed E-state index contributed by atoms with van der Waals surface area (Å²) in [7, 11) is 0. The first-order valence-electron chi connectivity index (χ1n) is 12.7. The van der Waals surface area contributed by atoms with E-state index in [0.29, 0.717) is 0 Å². The second kappa shape index (κ2) is 8.61. The van der Waals surface area contributed by atoms with Gasteiger partial charge in [-0.2, -0.15) is 21.0 Å². The van der Waals surface area contributed by atoms with Crippen molar-refractivity contribution in [2.45, 2.75) is 75.0 Å². The summed E-state index contributed by atoms with van der Waals surface area (Å²) < 4.78 is 0. The maximum absolute atomic E-state index is 9.35. The minimum atomic E-state index is -0.0141. The Hall–Kier alpha value is -3.42. The molecule has 176 valence electrons. The molecule has 2 aromatic rings. The van der Waals surface area contributed by atoms with Crippen molar-refractivity contribution in [2.24, 2.45) is 0 Å². The van der Waals surface area contributed by atoms with E-state index in [4.69, 9.17) is 0 Å². The van der Waals surface area contributed by atoms with Gasteiger partial charge in [0, 0.05) is 30.3 Å². The number of allylic oxidation sites excluding steroid dienone is 4. The van der Waals surface area contributed by atoms with Crippen LogP contribution in [-0.4, -0.2) is 0 Å². The van der Waals surface area contributed by atoms with Crippen molar-refractivity contribution in [3.8, 4) is 24.3 Å². The minimum Gasteiger partial charge on any atom is -0.192 e. The lowest BCUT2D eigenvalue weighted by Crippen LogP contribution is -2.28. The van der Waals surface area contributed by atoms with E-state index in [1.165, 1.54) is 70.6 Å². The monoisotopic (exact) mass is 504 g/mol. The molecule has 0 unspecified atom stereocenters. The van der Waals surface area contributed by atoms with Gasteiger partial charge in [0.1, 0.15) is 35.4 Å². The lowest BCUT2D eigenvalue weighted by molar-refractivity contribution is 0.373. The van der Waals surface area contributed by atoms with Gasteiger partial charge in [-0.15, -0.1) is 22.7 Å². The van der Waals surface area contributed by atoms with Crippen molar-refractivity contribution in [2.75, 3.05) is 0 Å². The van der Waals surface area contributed by atoms with Gasteiger partial charge in [0.15, 0.2) is 0 Å². The SMILES string of the molecule is N#CC(C#N)=Cc1cc2c(s1)C1=C(c3sc(C=C(C#N)C#N)cc3C13CCCCC3)C21CCCCC1. The van der Waals surface area contributed by atoms with Gasteiger partial charge in [-0.1, -0.05) is 38.5 Å². The average Bonchev–Trinajstić information content (AvgIpc) is 3.63. The van der Waals surface area contributed by atoms with Crippen molar-refractivity contribution >= 4 is 46.0 Å². The Bertz CT molecular complexity index is 1390. The van der Waals surface area contributed by atoms with Gasteiger partial charge in [-0.25, -0.2) is 0 Å². The maximum atomic E-state index is 9.35. The van der Waals surface area contributed by atoms with Crippen LogP contribution < -0.4 is 0 Å². The molecule has 0 bridgehead atoms. The highest BCUT2D eigenvalue weighted by molar-refractivity contribution is 7.16. The highest BCUT2D eigenvalue weighted by atomic mass is 32.1. The van der Waals surface area contributed by atoms with Gasteiger partial charge in [0.05, 0.1) is 0 Å². The summed E-state index contributed by atoms with van der Waals surface area (Å²) in [5, 5.41) is 37.4. The first kappa shape index (κ1) is 23.0. The molecular weight excluding hydrogens is 480 g/mol. The zero-order chi connectivity index (χ0) is 24.9. The molecule has 4 aliphatic rings. The molecule has 6 rings (SSSR count). The normalized spacial score (nSPS) is 19.9. The number of nitriles is 4. The summed E-state index contributed by atoms with van der Waals surface area (Å²) in [6, 6.07) is 12.6. The molecule has 0 N–H and O–H groups in total. The number of nitrogens with zero attached hydrogens (tertiary/aromatic N) is 4. The van der Waals surface area contributed by atoms with E-state index >= 15 is 0 Å². The summed E-state index contributed by atoms with van der Waals surface area (Å²) >= 11 is 3.52. The van der Waals surface area contributed by atoms with Crippen LogP contribution in [0.5, 0.6) is 0 Å². The second-order valence-corrected chi connectivity index (χ2v) is 12.5. The molecule has 0 aliphatic heterocycles. The molecule has 0 saturated heterocycles. The quantitative estimate of drug-likeness (QED) is 0.387. The molecule has 4 aliphatic carbocycles. The smallest absolute Gasteiger partial charge is 0.131 e. The minimum absolute atomic E-state index is 0.0141. The van der Waals surface area contributed by atoms with Gasteiger partial charge in [0.25, 0.3) is 0 Å². The van der Waals surface area contributed by atoms with Gasteiger partial charge in [-0.05, 0) is 72.2 Å². The van der Waals surface area contributed by atoms with Gasteiger partial charge in [0.2, 0.25) is 0 Å². The zero-order valence-electron chi connectivity index (χ0n) is 20.0. The number of hydrogen-bond donors (Lipinski definition) is 0. The van der Waals surface area contributed by atoms with Crippen LogP contribution in [0.3, 0.4) is 0 Å². The molecule has 0 aromatic carbocycles. The number of thiophene rings is 2. The van der Waals surface area contributed by atoms with E-state index in [1.807, 2.05) is 24.3 Å². The Morgan fingerprint density at radius 2 is 0.972 bits per heavy atom. The first-order valence-corrected chi connectivity index (χ1v) is 14.3. The number of rotatable bonds is 2. The Morgan fingerprint density at radius 3 is 1.31 bits per heavy atom. The maximum Gasteiger partial charge on any atom is 0.131 e. The average molecular weight is 505 g/mol. The summed E-state index contributed by atoms with van der Waals surface area (Å²) in [6.45, 7) is 0. The number of fused-ring (bicyclic) bond motifs is 8. The van der Waals surface area contributed by atoms with Crippen LogP contribution in [0, 0.1) is 45.3 Å². The third-order valence-corrected chi connectivity index (χ3v) is 10.9. The molecule has 0 atom stereocenters. The third kappa shape index (κ3) is 3.12. The molecule has 2 aromatic heterocycles. The predicted molar refractivity (Wildman–Crippen MR) is 143 cm³/mol. The van der Waals surface area contributed by atoms with Crippen LogP contribution in [0.2, 0.25) is 0 Å². The second-order valence-electron chi connectivity index (χ2n) is 10.4. The molecule has 0 amide bonds. The van der Waals surface area contributed by atoms with Gasteiger partial charge >= 0.3 is 0 Å². The van der Waals surface area contributed by atoms with E-state index in [0.717, 1.165) is 35.4 Å². The fraction of sp³-hybridized carbons (Fsp3) is 0.400. The molecule has 6 heteroatoms. The van der Waals surface area contributed by atoms with Crippen LogP contribution in [-0.2, 0) is 10.8 Å². The lowest BCUT2D eigenvalue weighted by atomic mass is 9.67. The number of hydrogen-bond acceptors (Lipinski definition) is 6. The van der Waals surface area contributed by atoms with E-state index in [9.17, 15) is 21.0 Å². The van der Waals surface area contributed by atoms with E-state index in [-0.39, 0.29) is 22.0 Å². The highest BCUT2D eigenvalue weighted by Gasteiger charge is 2.58. The summed E-state index contributed by atoms with van der Waals surface area (Å²) in [5.74, 6) is 0. The van der Waals surface area contributed by atoms with Crippen LogP contribution in [0.25, 0.3) is 23.3 Å². The fourth-order valence-corrected chi connectivity index (χ4v) is 9.97. The van der Waals surface area contributed by atoms with Crippen molar-refractivity contribution < 1.29 is 0 Å². The molecule has 2 fully saturated rings. The van der Waals surface area contributed by atoms with Crippen LogP contribution in [0.4, 0.5) is 0 Å². The summed E-state index contributed by atoms with van der Waals surface area (Å²) in [5.41, 5.74) is 6.15. The molecule has 2 spiro atoms. The predicted octanol–water partition coefficient (Wildman–Crippen LogP) is 8.01. The molecular formula is C30H24N4S2. The van der Waals surface area contributed by atoms with E-state index in [1.54, 1.807) is 34.8 Å². The van der Waals surface area contributed by atoms with Gasteiger partial charge < -0.3 is 0 Å². The molecule has 4 nitrogen and oxygen atoms in total. The van der Waals surface area contributed by atoms with Crippen LogP contribution >= 0.6 is 22.7 Å². The first-order chi connectivity index (χ1) is 17.6. The van der Waals surface area contributed by atoms with E-state index < -0.39 is 0 Å². The largest absolute Gasteiger partial charge is 0.192 e. The Labute approximate surface area is 219 Å². The van der Waals surface area contributed by atoms with Crippen molar-refractivity contribution in [3.05, 3.63) is 53.9 Å². The Kier molecular flexibility index (Phi) is 5.50. The topological polar surface area (TPSA) is 95.2 Å². The summed E-state index contributed by atoms with van der Waals surface area (Å²) in [6.07, 6.45) is 15.3.